The molecule has 2 aliphatic rings. The number of allylic oxidation sites excluding steroid dienone is 2. The van der Waals surface area contributed by atoms with Gasteiger partial charge in [-0.05, 0) is 43.2 Å². The Morgan fingerprint density at radius 2 is 2.30 bits per heavy atom. The third kappa shape index (κ3) is 4.27. The second-order valence-electron chi connectivity index (χ2n) is 6.58. The minimum atomic E-state index is 0.196. The molecule has 1 aliphatic carbocycles. The lowest BCUT2D eigenvalue weighted by Gasteiger charge is -2.19. The summed E-state index contributed by atoms with van der Waals surface area (Å²) in [5.41, 5.74) is 1.20. The zero-order valence-corrected chi connectivity index (χ0v) is 13.8. The summed E-state index contributed by atoms with van der Waals surface area (Å²) in [7, 11) is 1.70. The molecule has 0 radical (unpaired) electrons. The third-order valence-corrected chi connectivity index (χ3v) is 4.85. The summed E-state index contributed by atoms with van der Waals surface area (Å²) in [5, 5.41) is 3.12. The predicted octanol–water partition coefficient (Wildman–Crippen LogP) is 2.99. The highest BCUT2D eigenvalue weighted by Gasteiger charge is 2.23. The Hall–Kier alpha value is -1.97. The fourth-order valence-corrected chi connectivity index (χ4v) is 3.47. The number of methoxy groups -OCH3 is 1. The van der Waals surface area contributed by atoms with Crippen molar-refractivity contribution in [3.8, 4) is 5.75 Å². The van der Waals surface area contributed by atoms with E-state index >= 15 is 0 Å². The van der Waals surface area contributed by atoms with E-state index in [1.54, 1.807) is 7.11 Å². The maximum atomic E-state index is 12.0. The van der Waals surface area contributed by atoms with Gasteiger partial charge in [-0.2, -0.15) is 0 Å². The monoisotopic (exact) mass is 314 g/mol. The molecule has 1 heterocycles. The summed E-state index contributed by atoms with van der Waals surface area (Å²) < 4.78 is 5.29. The molecule has 1 aromatic carbocycles. The number of benzene rings is 1. The van der Waals surface area contributed by atoms with Crippen LogP contribution >= 0.6 is 0 Å². The first-order valence-electron chi connectivity index (χ1n) is 8.57. The van der Waals surface area contributed by atoms with Crippen LogP contribution < -0.4 is 15.0 Å². The lowest BCUT2D eigenvalue weighted by atomic mass is 10.0. The van der Waals surface area contributed by atoms with Crippen LogP contribution in [0.2, 0.25) is 0 Å². The van der Waals surface area contributed by atoms with Crippen LogP contribution in [0.15, 0.2) is 36.4 Å². The number of anilines is 1. The molecular formula is C19H26N2O2. The van der Waals surface area contributed by atoms with Gasteiger partial charge in [-0.3, -0.25) is 4.79 Å². The van der Waals surface area contributed by atoms with Crippen molar-refractivity contribution >= 4 is 11.6 Å². The summed E-state index contributed by atoms with van der Waals surface area (Å²) in [6, 6.07) is 8.19. The molecule has 1 fully saturated rings. The Morgan fingerprint density at radius 1 is 1.39 bits per heavy atom. The Bertz CT molecular complexity index is 570. The fourth-order valence-electron chi connectivity index (χ4n) is 3.47. The van der Waals surface area contributed by atoms with Crippen LogP contribution in [0.5, 0.6) is 5.75 Å². The Morgan fingerprint density at radius 3 is 3.09 bits per heavy atom. The van der Waals surface area contributed by atoms with Gasteiger partial charge in [-0.1, -0.05) is 18.2 Å². The van der Waals surface area contributed by atoms with Crippen molar-refractivity contribution in [3.63, 3.8) is 0 Å². The number of nitrogens with zero attached hydrogens (tertiary/aromatic N) is 1. The molecule has 1 amide bonds. The predicted molar refractivity (Wildman–Crippen MR) is 92.8 cm³/mol. The summed E-state index contributed by atoms with van der Waals surface area (Å²) in [6.07, 6.45) is 8.38. The SMILES string of the molecule is COc1cccc(N2CC[C@@H](CNC(=O)C[C@H]3C=CCC3)C2)c1. The molecule has 1 aliphatic heterocycles. The number of hydrogen-bond acceptors (Lipinski definition) is 3. The smallest absolute Gasteiger partial charge is 0.220 e. The van der Waals surface area contributed by atoms with E-state index in [2.05, 4.69) is 34.5 Å². The number of hydrogen-bond donors (Lipinski definition) is 1. The van der Waals surface area contributed by atoms with E-state index in [4.69, 9.17) is 4.74 Å². The van der Waals surface area contributed by atoms with Crippen LogP contribution in [0.25, 0.3) is 0 Å². The van der Waals surface area contributed by atoms with E-state index in [-0.39, 0.29) is 5.91 Å². The molecule has 0 unspecified atom stereocenters. The van der Waals surface area contributed by atoms with Crippen LogP contribution in [0.4, 0.5) is 5.69 Å². The topological polar surface area (TPSA) is 41.6 Å². The van der Waals surface area contributed by atoms with Crippen molar-refractivity contribution in [2.24, 2.45) is 11.8 Å². The van der Waals surface area contributed by atoms with Crippen molar-refractivity contribution in [1.29, 1.82) is 0 Å². The highest BCUT2D eigenvalue weighted by molar-refractivity contribution is 5.76. The molecule has 0 spiro atoms. The van der Waals surface area contributed by atoms with Gasteiger partial charge in [0.1, 0.15) is 5.75 Å². The van der Waals surface area contributed by atoms with E-state index in [9.17, 15) is 4.79 Å². The van der Waals surface area contributed by atoms with Gasteiger partial charge < -0.3 is 15.0 Å². The average Bonchev–Trinajstić information content (AvgIpc) is 3.24. The van der Waals surface area contributed by atoms with Crippen LogP contribution in [0.3, 0.4) is 0 Å². The molecule has 2 atom stereocenters. The minimum Gasteiger partial charge on any atom is -0.497 e. The highest BCUT2D eigenvalue weighted by atomic mass is 16.5. The molecule has 0 aromatic heterocycles. The van der Waals surface area contributed by atoms with E-state index < -0.39 is 0 Å². The fraction of sp³-hybridized carbons (Fsp3) is 0.526. The third-order valence-electron chi connectivity index (χ3n) is 4.85. The first-order valence-corrected chi connectivity index (χ1v) is 8.57. The summed E-state index contributed by atoms with van der Waals surface area (Å²) in [6.45, 7) is 2.82. The van der Waals surface area contributed by atoms with Gasteiger partial charge in [0.2, 0.25) is 5.91 Å². The molecule has 0 saturated carbocycles. The molecule has 23 heavy (non-hydrogen) atoms. The van der Waals surface area contributed by atoms with Crippen LogP contribution in [-0.2, 0) is 4.79 Å². The van der Waals surface area contributed by atoms with Crippen LogP contribution in [0.1, 0.15) is 25.7 Å². The van der Waals surface area contributed by atoms with Gasteiger partial charge in [0.25, 0.3) is 0 Å². The van der Waals surface area contributed by atoms with Crippen molar-refractivity contribution in [2.75, 3.05) is 31.6 Å². The maximum absolute atomic E-state index is 12.0. The maximum Gasteiger partial charge on any atom is 0.220 e. The van der Waals surface area contributed by atoms with Crippen molar-refractivity contribution in [3.05, 3.63) is 36.4 Å². The number of nitrogens with one attached hydrogen (secondary N) is 1. The minimum absolute atomic E-state index is 0.196. The van der Waals surface area contributed by atoms with Crippen molar-refractivity contribution in [1.82, 2.24) is 5.32 Å². The van der Waals surface area contributed by atoms with E-state index in [1.165, 1.54) is 5.69 Å². The standard InChI is InChI=1S/C19H26N2O2/c1-23-18-8-4-7-17(12-18)21-10-9-16(14-21)13-20-19(22)11-15-5-2-3-6-15/h2,4-5,7-8,12,15-16H,3,6,9-11,13-14H2,1H3,(H,20,22)/t15-,16-/m0/s1. The lowest BCUT2D eigenvalue weighted by molar-refractivity contribution is -0.121. The number of carbonyl (C=O) groups is 1. The van der Waals surface area contributed by atoms with Gasteiger partial charge in [0, 0.05) is 37.8 Å². The first-order chi connectivity index (χ1) is 11.2. The van der Waals surface area contributed by atoms with Gasteiger partial charge >= 0.3 is 0 Å². The number of carbonyl (C=O) groups excluding carboxylic acids is 1. The molecule has 1 aromatic rings. The summed E-state index contributed by atoms with van der Waals surface area (Å²) in [5.74, 6) is 2.07. The molecule has 4 heteroatoms. The van der Waals surface area contributed by atoms with E-state index in [1.807, 2.05) is 12.1 Å². The molecule has 4 nitrogen and oxygen atoms in total. The molecule has 1 saturated heterocycles. The second kappa shape index (κ2) is 7.53. The average molecular weight is 314 g/mol. The Balaban J connectivity index is 1.44. The van der Waals surface area contributed by atoms with Crippen LogP contribution in [0, 0.1) is 11.8 Å². The lowest BCUT2D eigenvalue weighted by Crippen LogP contribution is -2.31. The van der Waals surface area contributed by atoms with Gasteiger partial charge in [-0.25, -0.2) is 0 Å². The largest absolute Gasteiger partial charge is 0.497 e. The number of amides is 1. The Kier molecular flexibility index (Phi) is 5.21. The van der Waals surface area contributed by atoms with E-state index in [0.29, 0.717) is 18.3 Å². The summed E-state index contributed by atoms with van der Waals surface area (Å²) >= 11 is 0. The van der Waals surface area contributed by atoms with Gasteiger partial charge in [-0.15, -0.1) is 0 Å². The summed E-state index contributed by atoms with van der Waals surface area (Å²) in [4.78, 5) is 14.4. The van der Waals surface area contributed by atoms with Gasteiger partial charge in [0.15, 0.2) is 0 Å². The number of rotatable bonds is 6. The Labute approximate surface area is 138 Å². The molecular weight excluding hydrogens is 288 g/mol. The highest BCUT2D eigenvalue weighted by Crippen LogP contribution is 2.26. The van der Waals surface area contributed by atoms with Crippen molar-refractivity contribution < 1.29 is 9.53 Å². The quantitative estimate of drug-likeness (QED) is 0.821. The molecule has 1 N–H and O–H groups in total. The molecule has 0 bridgehead atoms. The zero-order chi connectivity index (χ0) is 16.1. The van der Waals surface area contributed by atoms with Crippen LogP contribution in [-0.4, -0.2) is 32.7 Å². The molecule has 3 rings (SSSR count). The molecule has 124 valence electrons. The van der Waals surface area contributed by atoms with Gasteiger partial charge in [0.05, 0.1) is 7.11 Å². The zero-order valence-electron chi connectivity index (χ0n) is 13.8. The normalized spacial score (nSPS) is 23.3. The first kappa shape index (κ1) is 15.9. The van der Waals surface area contributed by atoms with Crippen molar-refractivity contribution in [2.45, 2.75) is 25.7 Å². The number of ether oxygens (including phenoxy) is 1. The van der Waals surface area contributed by atoms with E-state index in [0.717, 1.165) is 44.6 Å². The second-order valence-corrected chi connectivity index (χ2v) is 6.58.